The van der Waals surface area contributed by atoms with Crippen molar-refractivity contribution in [3.63, 3.8) is 0 Å². The zero-order valence-electron chi connectivity index (χ0n) is 43.8. The highest BCUT2D eigenvalue weighted by atomic mass is 16.5. The molecule has 0 unspecified atom stereocenters. The van der Waals surface area contributed by atoms with Gasteiger partial charge in [-0.05, 0) is 37.2 Å². The second kappa shape index (κ2) is 28.9. The van der Waals surface area contributed by atoms with Gasteiger partial charge in [0.1, 0.15) is 18.7 Å². The number of benzene rings is 1. The van der Waals surface area contributed by atoms with E-state index < -0.39 is 78.1 Å². The number of aliphatic imine (C=N–C) groups is 1. The van der Waals surface area contributed by atoms with Gasteiger partial charge in [0.05, 0.1) is 62.4 Å². The van der Waals surface area contributed by atoms with E-state index in [-0.39, 0.29) is 69.4 Å². The summed E-state index contributed by atoms with van der Waals surface area (Å²) in [5, 5.41) is 8.34. The highest BCUT2D eigenvalue weighted by Gasteiger charge is 2.43. The monoisotopic (exact) mass is 984 g/mol. The van der Waals surface area contributed by atoms with Gasteiger partial charge in [-0.1, -0.05) is 71.4 Å². The topological polar surface area (TPSA) is 221 Å². The minimum Gasteiger partial charge on any atom is -0.447 e. The van der Waals surface area contributed by atoms with Crippen LogP contribution in [0.4, 0.5) is 4.79 Å². The van der Waals surface area contributed by atoms with Crippen LogP contribution in [0.5, 0.6) is 0 Å². The molecule has 1 saturated heterocycles. The number of alkyl carbamates (subject to hydrolysis) is 1. The number of nitrogens with one attached hydrogen (secondary N) is 3. The summed E-state index contributed by atoms with van der Waals surface area (Å²) < 4.78 is 22.8. The lowest BCUT2D eigenvalue weighted by Gasteiger charge is -2.40. The van der Waals surface area contributed by atoms with Crippen molar-refractivity contribution in [3.8, 4) is 0 Å². The zero-order chi connectivity index (χ0) is 52.2. The fourth-order valence-electron chi connectivity index (χ4n) is 8.89. The van der Waals surface area contributed by atoms with Crippen LogP contribution < -0.4 is 16.0 Å². The van der Waals surface area contributed by atoms with E-state index in [4.69, 9.17) is 23.9 Å². The lowest BCUT2D eigenvalue weighted by Crippen LogP contribution is -2.56. The maximum atomic E-state index is 14.4. The van der Waals surface area contributed by atoms with Gasteiger partial charge in [0.15, 0.2) is 5.96 Å². The molecule has 20 nitrogen and oxygen atoms in total. The van der Waals surface area contributed by atoms with Crippen molar-refractivity contribution in [1.82, 2.24) is 40.4 Å². The molecule has 0 radical (unpaired) electrons. The van der Waals surface area contributed by atoms with Crippen LogP contribution in [-0.4, -0.2) is 203 Å². The maximum Gasteiger partial charge on any atom is 0.407 e. The van der Waals surface area contributed by atoms with Crippen molar-refractivity contribution in [2.45, 2.75) is 116 Å². The third kappa shape index (κ3) is 17.1. The van der Waals surface area contributed by atoms with Crippen molar-refractivity contribution in [1.29, 1.82) is 0 Å². The van der Waals surface area contributed by atoms with Gasteiger partial charge < -0.3 is 54.5 Å². The third-order valence-corrected chi connectivity index (χ3v) is 12.8. The molecule has 2 aliphatic heterocycles. The molecule has 0 spiro atoms. The largest absolute Gasteiger partial charge is 0.447 e. The van der Waals surface area contributed by atoms with Crippen LogP contribution in [0.25, 0.3) is 0 Å². The second-order valence-corrected chi connectivity index (χ2v) is 19.0. The summed E-state index contributed by atoms with van der Waals surface area (Å²) in [4.78, 5) is 106. The van der Waals surface area contributed by atoms with Crippen LogP contribution in [0.3, 0.4) is 0 Å². The molecule has 0 aliphatic carbocycles. The van der Waals surface area contributed by atoms with E-state index in [0.717, 1.165) is 16.9 Å². The summed E-state index contributed by atoms with van der Waals surface area (Å²) in [6.07, 6.45) is 2.48. The summed E-state index contributed by atoms with van der Waals surface area (Å²) in [5.41, 5.74) is 0.808. The van der Waals surface area contributed by atoms with Crippen LogP contribution in [-0.2, 0) is 54.1 Å². The lowest BCUT2D eigenvalue weighted by atomic mass is 9.89. The van der Waals surface area contributed by atoms with Crippen molar-refractivity contribution in [3.05, 3.63) is 48.0 Å². The number of likely N-dealkylation sites (tertiary alicyclic amines) is 1. The molecule has 0 saturated carbocycles. The molecule has 70 heavy (non-hydrogen) atoms. The molecule has 1 aromatic carbocycles. The molecule has 2 aliphatic rings. The molecule has 0 bridgehead atoms. The fourth-order valence-corrected chi connectivity index (χ4v) is 8.89. The first kappa shape index (κ1) is 58.7. The number of likely N-dealkylation sites (N-methyl/N-ethyl adjacent to an activating group) is 1. The summed E-state index contributed by atoms with van der Waals surface area (Å²) in [7, 11) is 12.4. The second-order valence-electron chi connectivity index (χ2n) is 19.0. The minimum absolute atomic E-state index is 0.00445. The number of amides is 7. The molecular formula is C50H81N9O11. The summed E-state index contributed by atoms with van der Waals surface area (Å²) in [6.45, 7) is 12.1. The number of carbonyl (C=O) groups is 7. The number of nitrogens with zero attached hydrogens (tertiary/aromatic N) is 6. The zero-order valence-corrected chi connectivity index (χ0v) is 43.8. The van der Waals surface area contributed by atoms with Crippen LogP contribution in [0.15, 0.2) is 47.5 Å². The van der Waals surface area contributed by atoms with Gasteiger partial charge in [-0.15, -0.1) is 0 Å². The summed E-state index contributed by atoms with van der Waals surface area (Å²) >= 11 is 0. The minimum atomic E-state index is -1.01. The molecular weight excluding hydrogens is 903 g/mol. The lowest BCUT2D eigenvalue weighted by molar-refractivity contribution is -0.146. The number of guanidine groups is 1. The fraction of sp³-hybridized carbons (Fsp3) is 0.680. The number of imide groups is 1. The Labute approximate surface area is 415 Å². The first-order valence-corrected chi connectivity index (χ1v) is 24.4. The molecule has 2 heterocycles. The van der Waals surface area contributed by atoms with Gasteiger partial charge in [0, 0.05) is 81.1 Å². The average Bonchev–Trinajstić information content (AvgIpc) is 3.94. The number of hydrogen-bond donors (Lipinski definition) is 3. The third-order valence-electron chi connectivity index (χ3n) is 12.8. The molecule has 20 heteroatoms. The predicted octanol–water partition coefficient (Wildman–Crippen LogP) is 2.31. The van der Waals surface area contributed by atoms with Crippen LogP contribution in [0, 0.1) is 17.8 Å². The Balaban J connectivity index is 1.68. The van der Waals surface area contributed by atoms with Crippen LogP contribution in [0.1, 0.15) is 72.8 Å². The van der Waals surface area contributed by atoms with E-state index >= 15 is 0 Å². The maximum absolute atomic E-state index is 14.4. The normalized spacial score (nSPS) is 18.0. The first-order valence-electron chi connectivity index (χ1n) is 24.4. The molecule has 1 aromatic rings. The van der Waals surface area contributed by atoms with E-state index in [2.05, 4.69) is 22.9 Å². The number of rotatable bonds is 27. The summed E-state index contributed by atoms with van der Waals surface area (Å²) in [5.74, 6) is -2.33. The van der Waals surface area contributed by atoms with E-state index in [9.17, 15) is 33.6 Å². The van der Waals surface area contributed by atoms with Gasteiger partial charge in [-0.2, -0.15) is 0 Å². The Morgan fingerprint density at radius 2 is 1.50 bits per heavy atom. The number of carbonyl (C=O) groups excluding carboxylic acids is 7. The SMILES string of the molecule is CC[C@H](C)[C@@H]([C@@H](CC(=O)N1CCC[C@H]1[C@H](OC)[C@@H](C)C(=O)N[C@@H](Cc1ccccc1)C(=O)N[C@@H](C)COC(=O)NCCOCCN1C(=O)C=CC1=O)OC)N(C)C(=O)[C@@H](N=C(N(C)C)N(C)C)C(C)C. The van der Waals surface area contributed by atoms with E-state index in [1.807, 2.05) is 89.1 Å². The van der Waals surface area contributed by atoms with Gasteiger partial charge in [-0.3, -0.25) is 33.7 Å². The van der Waals surface area contributed by atoms with Crippen LogP contribution >= 0.6 is 0 Å². The van der Waals surface area contributed by atoms with E-state index in [1.54, 1.807) is 37.8 Å². The molecule has 3 rings (SSSR count). The molecule has 9 atom stereocenters. The highest BCUT2D eigenvalue weighted by molar-refractivity contribution is 6.12. The molecule has 0 aromatic heterocycles. The Morgan fingerprint density at radius 1 is 0.857 bits per heavy atom. The predicted molar refractivity (Wildman–Crippen MR) is 265 cm³/mol. The Kier molecular flexibility index (Phi) is 24.3. The van der Waals surface area contributed by atoms with Crippen LogP contribution in [0.2, 0.25) is 0 Å². The van der Waals surface area contributed by atoms with Crippen molar-refractivity contribution in [2.24, 2.45) is 22.7 Å². The number of hydrogen-bond acceptors (Lipinski definition) is 12. The Hall–Kier alpha value is -5.60. The van der Waals surface area contributed by atoms with Crippen molar-refractivity contribution in [2.75, 3.05) is 88.9 Å². The van der Waals surface area contributed by atoms with E-state index in [1.165, 1.54) is 19.3 Å². The van der Waals surface area contributed by atoms with Gasteiger partial charge >= 0.3 is 6.09 Å². The molecule has 1 fully saturated rings. The highest BCUT2D eigenvalue weighted by Crippen LogP contribution is 2.30. The summed E-state index contributed by atoms with van der Waals surface area (Å²) in [6, 6.07) is 6.04. The smallest absolute Gasteiger partial charge is 0.407 e. The van der Waals surface area contributed by atoms with Crippen molar-refractivity contribution < 1.29 is 52.5 Å². The number of methoxy groups -OCH3 is 2. The molecule has 7 amide bonds. The first-order chi connectivity index (χ1) is 33.2. The Bertz CT molecular complexity index is 1920. The number of ether oxygens (including phenoxy) is 4. The average molecular weight is 984 g/mol. The van der Waals surface area contributed by atoms with Crippen molar-refractivity contribution >= 4 is 47.5 Å². The quantitative estimate of drug-likeness (QED) is 0.0500. The van der Waals surface area contributed by atoms with Gasteiger partial charge in [0.2, 0.25) is 23.6 Å². The Morgan fingerprint density at radius 3 is 2.07 bits per heavy atom. The van der Waals surface area contributed by atoms with Gasteiger partial charge in [-0.25, -0.2) is 9.79 Å². The molecule has 3 N–H and O–H groups in total. The molecule has 392 valence electrons. The standard InChI is InChI=1S/C50H81N9O11/c1-14-33(4)44(57(11)48(65)43(32(2)3)54-49(55(7)8)56(9)10)39(67-12)30-42(62)58-25-18-21-38(58)45(68-13)35(6)46(63)53-37(29-36-19-16-15-17-20-36)47(64)52-34(5)31-70-50(66)51-24-27-69-28-26-59-40(60)22-23-41(59)61/h15-17,19-20,22-23,32-35,37-39,43-45H,14,18,21,24-31H2,1-13H3,(H,51,66)(H,52,64)(H,53,63)/t33-,34-,35+,37-,38-,39+,43-,44-,45+/m0/s1. The van der Waals surface area contributed by atoms with Gasteiger partial charge in [0.25, 0.3) is 11.8 Å². The van der Waals surface area contributed by atoms with E-state index in [0.29, 0.717) is 25.3 Å².